The summed E-state index contributed by atoms with van der Waals surface area (Å²) in [5, 5.41) is 2.76. The van der Waals surface area contributed by atoms with Crippen molar-refractivity contribution in [3.05, 3.63) is 96.6 Å². The number of nitrogens with one attached hydrogen (secondary N) is 1. The van der Waals surface area contributed by atoms with Crippen molar-refractivity contribution in [1.82, 2.24) is 0 Å². The zero-order chi connectivity index (χ0) is 30.1. The number of anilines is 2. The normalized spacial score (nSPS) is 10.9. The highest BCUT2D eigenvalue weighted by Gasteiger charge is 2.31. The minimum Gasteiger partial charge on any atom is -0.497 e. The van der Waals surface area contributed by atoms with E-state index in [9.17, 15) is 13.2 Å². The monoisotopic (exact) mass is 592 g/mol. The summed E-state index contributed by atoms with van der Waals surface area (Å²) >= 11 is 0. The number of methoxy groups -OCH3 is 4. The van der Waals surface area contributed by atoms with E-state index < -0.39 is 22.5 Å². The molecule has 0 aliphatic carbocycles. The van der Waals surface area contributed by atoms with E-state index in [1.165, 1.54) is 52.7 Å². The molecule has 42 heavy (non-hydrogen) atoms. The molecule has 0 aliphatic heterocycles. The lowest BCUT2D eigenvalue weighted by Crippen LogP contribution is -2.38. The average molecular weight is 593 g/mol. The summed E-state index contributed by atoms with van der Waals surface area (Å²) in [6, 6.07) is 25.4. The second kappa shape index (κ2) is 13.6. The fourth-order valence-corrected chi connectivity index (χ4v) is 5.54. The molecule has 1 N–H and O–H groups in total. The molecule has 0 unspecified atom stereocenters. The van der Waals surface area contributed by atoms with E-state index in [2.05, 4.69) is 5.32 Å². The quantitative estimate of drug-likeness (QED) is 0.227. The second-order valence-electron chi connectivity index (χ2n) is 8.91. The van der Waals surface area contributed by atoms with Gasteiger partial charge in [-0.15, -0.1) is 0 Å². The van der Waals surface area contributed by atoms with Crippen molar-refractivity contribution in [2.24, 2.45) is 0 Å². The first-order valence-electron chi connectivity index (χ1n) is 12.8. The van der Waals surface area contributed by atoms with E-state index in [0.29, 0.717) is 29.5 Å². The van der Waals surface area contributed by atoms with Gasteiger partial charge in [-0.1, -0.05) is 30.3 Å². The highest BCUT2D eigenvalue weighted by atomic mass is 32.2. The second-order valence-corrected chi connectivity index (χ2v) is 10.8. The van der Waals surface area contributed by atoms with Crippen molar-refractivity contribution in [2.75, 3.05) is 44.6 Å². The van der Waals surface area contributed by atoms with Gasteiger partial charge >= 0.3 is 0 Å². The minimum absolute atomic E-state index is 0.113. The maximum absolute atomic E-state index is 14.0. The number of hydrogen-bond donors (Lipinski definition) is 1. The van der Waals surface area contributed by atoms with E-state index in [-0.39, 0.29) is 22.1 Å². The Hall–Kier alpha value is -4.90. The third-order valence-corrected chi connectivity index (χ3v) is 8.03. The van der Waals surface area contributed by atoms with Crippen LogP contribution in [0.4, 0.5) is 11.4 Å². The van der Waals surface area contributed by atoms with E-state index >= 15 is 0 Å². The number of nitrogens with zero attached hydrogens (tertiary/aromatic N) is 1. The van der Waals surface area contributed by atoms with Crippen LogP contribution in [0.15, 0.2) is 95.9 Å². The first-order valence-corrected chi connectivity index (χ1v) is 14.3. The highest BCUT2D eigenvalue weighted by molar-refractivity contribution is 7.92. The van der Waals surface area contributed by atoms with Crippen LogP contribution in [0, 0.1) is 0 Å². The Bertz CT molecular complexity index is 1610. The molecule has 0 saturated carbocycles. The maximum atomic E-state index is 14.0. The van der Waals surface area contributed by atoms with Gasteiger partial charge in [-0.05, 0) is 54.1 Å². The lowest BCUT2D eigenvalue weighted by molar-refractivity contribution is -0.114. The predicted molar refractivity (Wildman–Crippen MR) is 159 cm³/mol. The first-order chi connectivity index (χ1) is 20.3. The Morgan fingerprint density at radius 2 is 1.36 bits per heavy atom. The summed E-state index contributed by atoms with van der Waals surface area (Å²) < 4.78 is 56.2. The maximum Gasteiger partial charge on any atom is 0.265 e. The molecule has 0 heterocycles. The zero-order valence-electron chi connectivity index (χ0n) is 23.7. The summed E-state index contributed by atoms with van der Waals surface area (Å²) in [5.41, 5.74) is 1.61. The number of carbonyl (C=O) groups excluding carboxylic acids is 1. The van der Waals surface area contributed by atoms with Gasteiger partial charge in [-0.3, -0.25) is 9.10 Å². The van der Waals surface area contributed by atoms with Crippen LogP contribution < -0.4 is 33.3 Å². The first kappa shape index (κ1) is 30.1. The van der Waals surface area contributed by atoms with Crippen molar-refractivity contribution < 1.29 is 36.9 Å². The van der Waals surface area contributed by atoms with Crippen molar-refractivity contribution in [1.29, 1.82) is 0 Å². The van der Waals surface area contributed by atoms with E-state index in [0.717, 1.165) is 9.87 Å². The van der Waals surface area contributed by atoms with Crippen LogP contribution in [-0.4, -0.2) is 49.3 Å². The van der Waals surface area contributed by atoms with Crippen LogP contribution >= 0.6 is 0 Å². The highest BCUT2D eigenvalue weighted by Crippen LogP contribution is 2.37. The third-order valence-electron chi connectivity index (χ3n) is 6.27. The molecule has 0 atom stereocenters. The molecular formula is C31H32N2O8S. The summed E-state index contributed by atoms with van der Waals surface area (Å²) in [6.45, 7) is -0.162. The minimum atomic E-state index is -4.32. The van der Waals surface area contributed by atoms with Crippen molar-refractivity contribution in [3.63, 3.8) is 0 Å². The lowest BCUT2D eigenvalue weighted by atomic mass is 10.2. The Morgan fingerprint density at radius 1 is 0.714 bits per heavy atom. The van der Waals surface area contributed by atoms with Gasteiger partial charge in [0, 0.05) is 17.8 Å². The van der Waals surface area contributed by atoms with Gasteiger partial charge in [0.2, 0.25) is 5.91 Å². The number of benzene rings is 4. The smallest absolute Gasteiger partial charge is 0.265 e. The molecule has 0 fully saturated rings. The molecule has 0 spiro atoms. The fourth-order valence-electron chi connectivity index (χ4n) is 4.10. The number of rotatable bonds is 13. The van der Waals surface area contributed by atoms with Gasteiger partial charge in [-0.25, -0.2) is 8.42 Å². The predicted octanol–water partition coefficient (Wildman–Crippen LogP) is 5.13. The van der Waals surface area contributed by atoms with Crippen LogP contribution in [-0.2, 0) is 21.4 Å². The molecule has 4 rings (SSSR count). The van der Waals surface area contributed by atoms with Crippen LogP contribution in [0.25, 0.3) is 0 Å². The van der Waals surface area contributed by atoms with Gasteiger partial charge in [0.05, 0.1) is 39.0 Å². The standard InChI is InChI=1S/C31H32N2O8S/c1-37-25-14-16-28(38-2)27(18-25)33(42(35,36)26-15-17-29(39-3)30(19-26)40-4)20-31(34)32-23-10-12-24(13-11-23)41-21-22-8-6-5-7-9-22/h5-19H,20-21H2,1-4H3,(H,32,34). The molecule has 11 heteroatoms. The van der Waals surface area contributed by atoms with Crippen LogP contribution in [0.5, 0.6) is 28.7 Å². The van der Waals surface area contributed by atoms with Gasteiger partial charge in [-0.2, -0.15) is 0 Å². The van der Waals surface area contributed by atoms with Gasteiger partial charge in [0.15, 0.2) is 11.5 Å². The summed E-state index contributed by atoms with van der Waals surface area (Å²) in [6.07, 6.45) is 0. The van der Waals surface area contributed by atoms with Gasteiger partial charge in [0.25, 0.3) is 10.0 Å². The molecule has 0 radical (unpaired) electrons. The van der Waals surface area contributed by atoms with Crippen molar-refractivity contribution in [2.45, 2.75) is 11.5 Å². The van der Waals surface area contributed by atoms with Crippen LogP contribution in [0.2, 0.25) is 0 Å². The number of ether oxygens (including phenoxy) is 5. The zero-order valence-corrected chi connectivity index (χ0v) is 24.5. The number of carbonyl (C=O) groups is 1. The molecule has 0 bridgehead atoms. The third kappa shape index (κ3) is 7.05. The summed E-state index contributed by atoms with van der Waals surface area (Å²) in [4.78, 5) is 13.2. The molecule has 0 aliphatic rings. The number of sulfonamides is 1. The lowest BCUT2D eigenvalue weighted by Gasteiger charge is -2.26. The van der Waals surface area contributed by atoms with Crippen molar-refractivity contribution in [3.8, 4) is 28.7 Å². The molecule has 1 amide bonds. The molecule has 4 aromatic carbocycles. The topological polar surface area (TPSA) is 113 Å². The van der Waals surface area contributed by atoms with Gasteiger partial charge in [0.1, 0.15) is 30.4 Å². The number of amides is 1. The summed E-state index contributed by atoms with van der Waals surface area (Å²) in [5.74, 6) is 1.22. The van der Waals surface area contributed by atoms with E-state index in [1.807, 2.05) is 30.3 Å². The SMILES string of the molecule is COc1ccc(OC)c(N(CC(=O)Nc2ccc(OCc3ccccc3)cc2)S(=O)(=O)c2ccc(OC)c(OC)c2)c1. The fraction of sp³-hybridized carbons (Fsp3) is 0.194. The molecular weight excluding hydrogens is 560 g/mol. The Kier molecular flexibility index (Phi) is 9.77. The Morgan fingerprint density at radius 3 is 2.00 bits per heavy atom. The summed E-state index contributed by atoms with van der Waals surface area (Å²) in [7, 11) is 1.41. The largest absolute Gasteiger partial charge is 0.497 e. The van der Waals surface area contributed by atoms with E-state index in [4.69, 9.17) is 23.7 Å². The Balaban J connectivity index is 1.60. The van der Waals surface area contributed by atoms with E-state index in [1.54, 1.807) is 36.4 Å². The molecule has 220 valence electrons. The molecule has 0 aromatic heterocycles. The van der Waals surface area contributed by atoms with Gasteiger partial charge < -0.3 is 29.0 Å². The Labute approximate surface area is 245 Å². The van der Waals surface area contributed by atoms with Crippen LogP contribution in [0.1, 0.15) is 5.56 Å². The molecule has 0 saturated heterocycles. The molecule has 4 aromatic rings. The average Bonchev–Trinajstić information content (AvgIpc) is 3.03. The van der Waals surface area contributed by atoms with Crippen molar-refractivity contribution >= 4 is 27.3 Å². The molecule has 10 nitrogen and oxygen atoms in total. The number of hydrogen-bond acceptors (Lipinski definition) is 8. The van der Waals surface area contributed by atoms with Crippen LogP contribution in [0.3, 0.4) is 0 Å².